The number of para-hydroxylation sites is 1. The van der Waals surface area contributed by atoms with Crippen molar-refractivity contribution in [1.29, 1.82) is 0 Å². The third-order valence-electron chi connectivity index (χ3n) is 7.44. The molecule has 0 amide bonds. The summed E-state index contributed by atoms with van der Waals surface area (Å²) in [6.07, 6.45) is 3.93. The molecule has 180 valence electrons. The summed E-state index contributed by atoms with van der Waals surface area (Å²) < 4.78 is 31.6. The molecule has 5 nitrogen and oxygen atoms in total. The van der Waals surface area contributed by atoms with E-state index in [4.69, 9.17) is 4.74 Å². The number of anilines is 1. The molecule has 2 aliphatic rings. The molecular weight excluding hydrogens is 458 g/mol. The molecule has 0 bridgehead atoms. The van der Waals surface area contributed by atoms with E-state index in [2.05, 4.69) is 25.2 Å². The van der Waals surface area contributed by atoms with Crippen molar-refractivity contribution >= 4 is 27.4 Å². The summed E-state index contributed by atoms with van der Waals surface area (Å²) in [6.45, 7) is 9.09. The molecule has 0 aromatic heterocycles. The Morgan fingerprint density at radius 1 is 0.971 bits per heavy atom. The van der Waals surface area contributed by atoms with Gasteiger partial charge < -0.3 is 10.1 Å². The Morgan fingerprint density at radius 3 is 2.34 bits per heavy atom. The minimum absolute atomic E-state index is 0.138. The van der Waals surface area contributed by atoms with Gasteiger partial charge in [0.05, 0.1) is 10.3 Å². The molecule has 6 heteroatoms. The summed E-state index contributed by atoms with van der Waals surface area (Å²) in [5, 5.41) is 3.53. The molecule has 1 spiro atoms. The number of Topliss-reactive ketones (excluding diaryl/α,β-unsaturated/α-hetero) is 1. The second-order valence-corrected chi connectivity index (χ2v) is 12.9. The Hall–Kier alpha value is -3.38. The van der Waals surface area contributed by atoms with Crippen LogP contribution in [0, 0.1) is 6.92 Å². The first-order valence-electron chi connectivity index (χ1n) is 11.7. The molecule has 0 saturated carbocycles. The normalized spacial score (nSPS) is 20.0. The minimum atomic E-state index is -3.90. The highest BCUT2D eigenvalue weighted by molar-refractivity contribution is 7.93. The first-order valence-corrected chi connectivity index (χ1v) is 13.1. The number of hydrogen-bond acceptors (Lipinski definition) is 5. The van der Waals surface area contributed by atoms with E-state index in [0.29, 0.717) is 11.3 Å². The van der Waals surface area contributed by atoms with Gasteiger partial charge in [-0.25, -0.2) is 8.42 Å². The molecule has 0 aliphatic carbocycles. The van der Waals surface area contributed by atoms with Crippen molar-refractivity contribution < 1.29 is 17.9 Å². The Bertz CT molecular complexity index is 1480. The summed E-state index contributed by atoms with van der Waals surface area (Å²) in [5.74, 6) is 0.179. The topological polar surface area (TPSA) is 72.5 Å². The highest BCUT2D eigenvalue weighted by Gasteiger charge is 2.54. The molecule has 0 fully saturated rings. The zero-order valence-electron chi connectivity index (χ0n) is 20.5. The molecule has 3 aromatic carbocycles. The van der Waals surface area contributed by atoms with Crippen LogP contribution in [0.4, 0.5) is 5.69 Å². The number of carbonyl (C=O) groups is 1. The van der Waals surface area contributed by atoms with Gasteiger partial charge in [-0.1, -0.05) is 35.9 Å². The SMILES string of the molecule is Cc1ccc(S(=O)(=O)C(C)(C)C(=O)c2ccc3c(c2)C=CC2(Nc4ccccc4C2(C)C)O3)cc1. The van der Waals surface area contributed by atoms with Crippen LogP contribution in [0.2, 0.25) is 0 Å². The summed E-state index contributed by atoms with van der Waals surface area (Å²) in [5.41, 5.74) is 3.12. The zero-order valence-corrected chi connectivity index (χ0v) is 21.4. The van der Waals surface area contributed by atoms with Crippen LogP contribution in [0.25, 0.3) is 6.08 Å². The number of benzene rings is 3. The minimum Gasteiger partial charge on any atom is -0.463 e. The maximum absolute atomic E-state index is 13.5. The van der Waals surface area contributed by atoms with Crippen molar-refractivity contribution in [3.63, 3.8) is 0 Å². The van der Waals surface area contributed by atoms with Crippen molar-refractivity contribution in [3.8, 4) is 5.75 Å². The van der Waals surface area contributed by atoms with Crippen molar-refractivity contribution in [2.75, 3.05) is 5.32 Å². The lowest BCUT2D eigenvalue weighted by atomic mass is 9.76. The lowest BCUT2D eigenvalue weighted by molar-refractivity contribution is 0.0822. The molecule has 1 unspecified atom stereocenters. The maximum Gasteiger partial charge on any atom is 0.209 e. The van der Waals surface area contributed by atoms with E-state index >= 15 is 0 Å². The predicted octanol–water partition coefficient (Wildman–Crippen LogP) is 5.94. The molecule has 1 N–H and O–H groups in total. The van der Waals surface area contributed by atoms with E-state index in [0.717, 1.165) is 16.8 Å². The molecule has 2 aliphatic heterocycles. The van der Waals surface area contributed by atoms with Gasteiger partial charge in [-0.15, -0.1) is 0 Å². The smallest absolute Gasteiger partial charge is 0.209 e. The molecule has 5 rings (SSSR count). The third kappa shape index (κ3) is 3.34. The summed E-state index contributed by atoms with van der Waals surface area (Å²) in [4.78, 5) is 13.6. The fourth-order valence-electron chi connectivity index (χ4n) is 4.91. The largest absolute Gasteiger partial charge is 0.463 e. The number of sulfone groups is 1. The highest BCUT2D eigenvalue weighted by Crippen LogP contribution is 2.51. The molecule has 2 heterocycles. The predicted molar refractivity (Wildman–Crippen MR) is 139 cm³/mol. The lowest BCUT2D eigenvalue weighted by Gasteiger charge is -2.41. The van der Waals surface area contributed by atoms with E-state index in [1.54, 1.807) is 42.5 Å². The molecule has 1 atom stereocenters. The van der Waals surface area contributed by atoms with Gasteiger partial charge in [0.25, 0.3) is 0 Å². The van der Waals surface area contributed by atoms with Gasteiger partial charge in [0.2, 0.25) is 5.72 Å². The van der Waals surface area contributed by atoms with Crippen LogP contribution in [-0.4, -0.2) is 24.7 Å². The second-order valence-electron chi connectivity index (χ2n) is 10.4. The monoisotopic (exact) mass is 487 g/mol. The number of aryl methyl sites for hydroxylation is 1. The number of hydrogen-bond donors (Lipinski definition) is 1. The Morgan fingerprint density at radius 2 is 1.66 bits per heavy atom. The number of rotatable bonds is 4. The maximum atomic E-state index is 13.5. The van der Waals surface area contributed by atoms with Gasteiger partial charge in [-0.05, 0) is 88.7 Å². The molecule has 3 aromatic rings. The molecule has 35 heavy (non-hydrogen) atoms. The molecular formula is C29H29NO4S. The Labute approximate surface area is 206 Å². The van der Waals surface area contributed by atoms with Crippen LogP contribution < -0.4 is 10.1 Å². The van der Waals surface area contributed by atoms with Crippen LogP contribution in [-0.2, 0) is 15.3 Å². The van der Waals surface area contributed by atoms with E-state index in [9.17, 15) is 13.2 Å². The summed E-state index contributed by atoms with van der Waals surface area (Å²) >= 11 is 0. The van der Waals surface area contributed by atoms with Gasteiger partial charge in [0.1, 0.15) is 10.5 Å². The van der Waals surface area contributed by atoms with Gasteiger partial charge in [0.15, 0.2) is 15.6 Å². The highest BCUT2D eigenvalue weighted by atomic mass is 32.2. The van der Waals surface area contributed by atoms with Gasteiger partial charge in [0, 0.05) is 16.8 Å². The van der Waals surface area contributed by atoms with E-state index in [1.807, 2.05) is 37.3 Å². The second kappa shape index (κ2) is 7.56. The summed E-state index contributed by atoms with van der Waals surface area (Å²) in [7, 11) is -3.90. The first-order chi connectivity index (χ1) is 16.4. The zero-order chi connectivity index (χ0) is 25.2. The lowest BCUT2D eigenvalue weighted by Crippen LogP contribution is -2.53. The fourth-order valence-corrected chi connectivity index (χ4v) is 6.35. The molecule has 0 saturated heterocycles. The van der Waals surface area contributed by atoms with Gasteiger partial charge in [-0.2, -0.15) is 0 Å². The van der Waals surface area contributed by atoms with E-state index < -0.39 is 26.1 Å². The van der Waals surface area contributed by atoms with Crippen molar-refractivity contribution in [1.82, 2.24) is 0 Å². The Balaban J connectivity index is 1.47. The van der Waals surface area contributed by atoms with Crippen LogP contribution in [0.15, 0.2) is 77.7 Å². The standard InChI is InChI=1S/C29H29NO4S/c1-19-10-13-22(14-11-19)35(32,33)28(4,5)26(31)21-12-15-25-20(18-21)16-17-29(34-25)27(2,3)23-8-6-7-9-24(23)30-29/h6-18,30H,1-5H3. The van der Waals surface area contributed by atoms with E-state index in [-0.39, 0.29) is 10.3 Å². The number of nitrogens with one attached hydrogen (secondary N) is 1. The van der Waals surface area contributed by atoms with Gasteiger partial charge >= 0.3 is 0 Å². The Kier molecular flexibility index (Phi) is 5.05. The number of ether oxygens (including phenoxy) is 1. The van der Waals surface area contributed by atoms with Crippen LogP contribution >= 0.6 is 0 Å². The first kappa shape index (κ1) is 23.4. The van der Waals surface area contributed by atoms with Crippen molar-refractivity contribution in [2.24, 2.45) is 0 Å². The number of fused-ring (bicyclic) bond motifs is 2. The van der Waals surface area contributed by atoms with Crippen molar-refractivity contribution in [2.45, 2.75) is 55.4 Å². The fraction of sp³-hybridized carbons (Fsp3) is 0.276. The average molecular weight is 488 g/mol. The van der Waals surface area contributed by atoms with Gasteiger partial charge in [-0.3, -0.25) is 4.79 Å². The van der Waals surface area contributed by atoms with Crippen LogP contribution in [0.1, 0.15) is 54.7 Å². The average Bonchev–Trinajstić information content (AvgIpc) is 3.04. The number of ketones is 1. The summed E-state index contributed by atoms with van der Waals surface area (Å²) in [6, 6.07) is 19.8. The van der Waals surface area contributed by atoms with Crippen LogP contribution in [0.3, 0.4) is 0 Å². The number of carbonyl (C=O) groups excluding carboxylic acids is 1. The van der Waals surface area contributed by atoms with Crippen LogP contribution in [0.5, 0.6) is 5.75 Å². The third-order valence-corrected chi connectivity index (χ3v) is 9.86. The molecule has 0 radical (unpaired) electrons. The van der Waals surface area contributed by atoms with Crippen molar-refractivity contribution in [3.05, 3.63) is 95.1 Å². The van der Waals surface area contributed by atoms with E-state index in [1.165, 1.54) is 19.4 Å². The quantitative estimate of drug-likeness (QED) is 0.462.